The average molecular weight is 398 g/mol. The Morgan fingerprint density at radius 3 is 2.24 bits per heavy atom. The van der Waals surface area contributed by atoms with Crippen LogP contribution in [0.3, 0.4) is 0 Å². The van der Waals surface area contributed by atoms with Gasteiger partial charge in [-0.15, -0.1) is 0 Å². The van der Waals surface area contributed by atoms with E-state index >= 15 is 0 Å². The van der Waals surface area contributed by atoms with Crippen LogP contribution in [-0.4, -0.2) is 34.0 Å². The van der Waals surface area contributed by atoms with E-state index < -0.39 is 0 Å². The Bertz CT molecular complexity index is 721. The van der Waals surface area contributed by atoms with Gasteiger partial charge in [0.1, 0.15) is 5.69 Å². The number of piperidine rings is 2. The molecule has 3 unspecified atom stereocenters. The molecule has 0 radical (unpaired) electrons. The Kier molecular flexibility index (Phi) is 5.27. The molecule has 7 atom stereocenters. The zero-order chi connectivity index (χ0) is 20.0. The number of nitro groups is 1. The minimum absolute atomic E-state index is 0.203. The van der Waals surface area contributed by atoms with E-state index in [-0.39, 0.29) is 10.6 Å². The SMILES string of the molecule is CC1C[C@@H]2C[C@H](C1)C[C@H](N1C3CCC[C@H]1CC(Nc1ccccc1[N+](=O)[O-])C3)C2. The summed E-state index contributed by atoms with van der Waals surface area (Å²) in [6.45, 7) is 2.45. The zero-order valence-electron chi connectivity index (χ0n) is 17.6. The van der Waals surface area contributed by atoms with Crippen molar-refractivity contribution < 1.29 is 4.92 Å². The van der Waals surface area contributed by atoms with Gasteiger partial charge in [-0.05, 0) is 81.6 Å². The van der Waals surface area contributed by atoms with Crippen LogP contribution >= 0.6 is 0 Å². The predicted octanol–water partition coefficient (Wildman–Crippen LogP) is 5.61. The monoisotopic (exact) mass is 397 g/mol. The highest BCUT2D eigenvalue weighted by molar-refractivity contribution is 5.61. The number of benzene rings is 1. The fourth-order valence-corrected chi connectivity index (χ4v) is 7.50. The third kappa shape index (κ3) is 3.90. The number of hydrogen-bond acceptors (Lipinski definition) is 4. The van der Waals surface area contributed by atoms with E-state index in [0.29, 0.717) is 23.8 Å². The van der Waals surface area contributed by atoms with Gasteiger partial charge in [-0.25, -0.2) is 0 Å². The summed E-state index contributed by atoms with van der Waals surface area (Å²) in [5.41, 5.74) is 0.893. The van der Waals surface area contributed by atoms with Crippen LogP contribution < -0.4 is 5.32 Å². The van der Waals surface area contributed by atoms with E-state index in [9.17, 15) is 10.1 Å². The van der Waals surface area contributed by atoms with Gasteiger partial charge in [0.2, 0.25) is 0 Å². The number of nitrogens with zero attached hydrogens (tertiary/aromatic N) is 2. The molecular weight excluding hydrogens is 362 g/mol. The molecule has 2 saturated carbocycles. The molecule has 2 heterocycles. The number of para-hydroxylation sites is 2. The third-order valence-electron chi connectivity index (χ3n) is 8.26. The molecule has 29 heavy (non-hydrogen) atoms. The first kappa shape index (κ1) is 19.3. The standard InChI is InChI=1S/C24H35N3O2/c1-16-9-17-11-18(10-16)13-22(12-17)26-20-5-4-6-21(26)15-19(14-20)25-23-7-2-3-8-24(23)27(28)29/h2-3,7-8,16-22,25H,4-6,9-15H2,1H3/t16?,17-,18+,19?,20-,21?,22-/m0/s1. The summed E-state index contributed by atoms with van der Waals surface area (Å²) < 4.78 is 0. The number of anilines is 1. The van der Waals surface area contributed by atoms with Gasteiger partial charge in [-0.1, -0.05) is 25.5 Å². The van der Waals surface area contributed by atoms with Gasteiger partial charge < -0.3 is 5.32 Å². The highest BCUT2D eigenvalue weighted by Gasteiger charge is 2.45. The Morgan fingerprint density at radius 1 is 0.931 bits per heavy atom. The van der Waals surface area contributed by atoms with Crippen LogP contribution in [0.25, 0.3) is 0 Å². The quantitative estimate of drug-likeness (QED) is 0.530. The summed E-state index contributed by atoms with van der Waals surface area (Å²) in [7, 11) is 0. The van der Waals surface area contributed by atoms with Gasteiger partial charge in [0.05, 0.1) is 4.92 Å². The van der Waals surface area contributed by atoms with Crippen molar-refractivity contribution in [1.29, 1.82) is 0 Å². The first-order valence-electron chi connectivity index (χ1n) is 11.8. The van der Waals surface area contributed by atoms with E-state index in [1.807, 2.05) is 12.1 Å². The first-order chi connectivity index (χ1) is 14.1. The van der Waals surface area contributed by atoms with Gasteiger partial charge in [0, 0.05) is 30.2 Å². The van der Waals surface area contributed by atoms with Crippen LogP contribution in [0.15, 0.2) is 24.3 Å². The molecule has 1 aromatic rings. The molecule has 0 aromatic heterocycles. The maximum atomic E-state index is 11.4. The van der Waals surface area contributed by atoms with Crippen molar-refractivity contribution in [3.8, 4) is 0 Å². The molecule has 0 spiro atoms. The van der Waals surface area contributed by atoms with Gasteiger partial charge in [0.15, 0.2) is 0 Å². The van der Waals surface area contributed by atoms with Crippen LogP contribution in [0, 0.1) is 27.9 Å². The molecule has 158 valence electrons. The van der Waals surface area contributed by atoms with Crippen LogP contribution in [0.1, 0.15) is 71.1 Å². The molecule has 5 rings (SSSR count). The fraction of sp³-hybridized carbons (Fsp3) is 0.750. The Hall–Kier alpha value is -1.62. The number of nitrogens with one attached hydrogen (secondary N) is 1. The minimum Gasteiger partial charge on any atom is -0.377 e. The second kappa shape index (κ2) is 7.90. The van der Waals surface area contributed by atoms with Crippen molar-refractivity contribution in [3.63, 3.8) is 0 Å². The number of fused-ring (bicyclic) bond motifs is 4. The summed E-state index contributed by atoms with van der Waals surface area (Å²) in [5.74, 6) is 2.83. The summed E-state index contributed by atoms with van der Waals surface area (Å²) in [5, 5.41) is 15.0. The minimum atomic E-state index is -0.264. The molecule has 4 bridgehead atoms. The normalized spacial score (nSPS) is 39.7. The van der Waals surface area contributed by atoms with Crippen molar-refractivity contribution >= 4 is 11.4 Å². The van der Waals surface area contributed by atoms with E-state index in [4.69, 9.17) is 0 Å². The van der Waals surface area contributed by atoms with Crippen LogP contribution in [0.4, 0.5) is 11.4 Å². The maximum Gasteiger partial charge on any atom is 0.292 e. The average Bonchev–Trinajstić information content (AvgIpc) is 2.66. The topological polar surface area (TPSA) is 58.4 Å². The molecule has 1 aromatic carbocycles. The molecule has 5 nitrogen and oxygen atoms in total. The second-order valence-electron chi connectivity index (χ2n) is 10.4. The number of rotatable bonds is 4. The highest BCUT2D eigenvalue weighted by atomic mass is 16.6. The fourth-order valence-electron chi connectivity index (χ4n) is 7.50. The Labute approximate surface area is 174 Å². The molecule has 2 saturated heterocycles. The summed E-state index contributed by atoms with van der Waals surface area (Å²) >= 11 is 0. The van der Waals surface area contributed by atoms with Crippen molar-refractivity contribution in [3.05, 3.63) is 34.4 Å². The van der Waals surface area contributed by atoms with Gasteiger partial charge in [0.25, 0.3) is 5.69 Å². The van der Waals surface area contributed by atoms with Crippen LogP contribution in [0.5, 0.6) is 0 Å². The Morgan fingerprint density at radius 2 is 1.59 bits per heavy atom. The lowest BCUT2D eigenvalue weighted by molar-refractivity contribution is -0.384. The lowest BCUT2D eigenvalue weighted by Gasteiger charge is -2.55. The summed E-state index contributed by atoms with van der Waals surface area (Å²) in [6.07, 6.45) is 13.4. The van der Waals surface area contributed by atoms with Crippen molar-refractivity contribution in [2.45, 2.75) is 95.3 Å². The molecule has 2 aliphatic carbocycles. The smallest absolute Gasteiger partial charge is 0.292 e. The maximum absolute atomic E-state index is 11.4. The Balaban J connectivity index is 1.29. The number of nitro benzene ring substituents is 1. The molecule has 0 amide bonds. The zero-order valence-corrected chi connectivity index (χ0v) is 17.6. The van der Waals surface area contributed by atoms with E-state index in [2.05, 4.69) is 17.1 Å². The van der Waals surface area contributed by atoms with Crippen LogP contribution in [-0.2, 0) is 0 Å². The first-order valence-corrected chi connectivity index (χ1v) is 11.8. The molecule has 1 N–H and O–H groups in total. The lowest BCUT2D eigenvalue weighted by atomic mass is 9.65. The van der Waals surface area contributed by atoms with Crippen molar-refractivity contribution in [2.24, 2.45) is 17.8 Å². The third-order valence-corrected chi connectivity index (χ3v) is 8.26. The lowest BCUT2D eigenvalue weighted by Crippen LogP contribution is -2.60. The molecule has 4 fully saturated rings. The molecule has 4 aliphatic rings. The molecular formula is C24H35N3O2. The van der Waals surface area contributed by atoms with E-state index in [1.54, 1.807) is 12.1 Å². The van der Waals surface area contributed by atoms with Crippen LogP contribution in [0.2, 0.25) is 0 Å². The van der Waals surface area contributed by atoms with E-state index in [1.165, 1.54) is 51.4 Å². The highest BCUT2D eigenvalue weighted by Crippen LogP contribution is 2.47. The largest absolute Gasteiger partial charge is 0.377 e. The van der Waals surface area contributed by atoms with Crippen molar-refractivity contribution in [1.82, 2.24) is 4.90 Å². The second-order valence-corrected chi connectivity index (χ2v) is 10.4. The van der Waals surface area contributed by atoms with Crippen molar-refractivity contribution in [2.75, 3.05) is 5.32 Å². The van der Waals surface area contributed by atoms with E-state index in [0.717, 1.165) is 36.6 Å². The summed E-state index contributed by atoms with van der Waals surface area (Å²) in [4.78, 5) is 14.1. The predicted molar refractivity (Wildman–Crippen MR) is 116 cm³/mol. The van der Waals surface area contributed by atoms with Gasteiger partial charge >= 0.3 is 0 Å². The summed E-state index contributed by atoms with van der Waals surface area (Å²) in [6, 6.07) is 9.57. The molecule has 5 heteroatoms. The van der Waals surface area contributed by atoms with Gasteiger partial charge in [-0.3, -0.25) is 15.0 Å². The number of hydrogen-bond donors (Lipinski definition) is 1. The molecule has 2 aliphatic heterocycles. The van der Waals surface area contributed by atoms with Gasteiger partial charge in [-0.2, -0.15) is 0 Å².